The zero-order valence-corrected chi connectivity index (χ0v) is 13.0. The topological polar surface area (TPSA) is 84.0 Å². The molecule has 0 aliphatic rings. The van der Waals surface area contributed by atoms with Gasteiger partial charge in [0.25, 0.3) is 0 Å². The summed E-state index contributed by atoms with van der Waals surface area (Å²) in [5, 5.41) is 12.7. The first-order valence-corrected chi connectivity index (χ1v) is 7.33. The lowest BCUT2D eigenvalue weighted by atomic mass is 10.1. The minimum absolute atomic E-state index is 0.227. The molecule has 0 saturated heterocycles. The number of hydrogen-bond acceptors (Lipinski definition) is 5. The summed E-state index contributed by atoms with van der Waals surface area (Å²) in [4.78, 5) is 4.14. The van der Waals surface area contributed by atoms with Crippen LogP contribution in [0.15, 0.2) is 30.3 Å². The molecule has 0 aliphatic carbocycles. The highest BCUT2D eigenvalue weighted by atomic mass is 35.5. The van der Waals surface area contributed by atoms with E-state index in [0.29, 0.717) is 29.6 Å². The van der Waals surface area contributed by atoms with Crippen molar-refractivity contribution in [2.24, 2.45) is 0 Å². The Hall–Kier alpha value is -2.45. The first-order valence-electron chi connectivity index (χ1n) is 6.95. The normalized spacial score (nSPS) is 10.0. The predicted molar refractivity (Wildman–Crippen MR) is 88.2 cm³/mol. The molecule has 0 unspecified atom stereocenters. The van der Waals surface area contributed by atoms with Gasteiger partial charge in [0.15, 0.2) is 0 Å². The van der Waals surface area contributed by atoms with Gasteiger partial charge in [-0.15, -0.1) is 0 Å². The molecule has 1 heterocycles. The summed E-state index contributed by atoms with van der Waals surface area (Å²) < 4.78 is 5.59. The van der Waals surface area contributed by atoms with Crippen LogP contribution in [0.1, 0.15) is 18.1 Å². The fourth-order valence-electron chi connectivity index (χ4n) is 2.03. The van der Waals surface area contributed by atoms with Gasteiger partial charge < -0.3 is 15.8 Å². The first kappa shape index (κ1) is 15.9. The van der Waals surface area contributed by atoms with Crippen molar-refractivity contribution in [3.05, 3.63) is 46.5 Å². The summed E-state index contributed by atoms with van der Waals surface area (Å²) in [5.74, 6) is 1.70. The highest BCUT2D eigenvalue weighted by Gasteiger charge is 2.06. The van der Waals surface area contributed by atoms with Crippen LogP contribution < -0.4 is 15.8 Å². The van der Waals surface area contributed by atoms with E-state index in [2.05, 4.69) is 10.3 Å². The summed E-state index contributed by atoms with van der Waals surface area (Å²) >= 11 is 6.03. The van der Waals surface area contributed by atoms with E-state index in [1.807, 2.05) is 31.2 Å². The van der Waals surface area contributed by atoms with E-state index in [0.717, 1.165) is 17.7 Å². The number of halogens is 1. The third-order valence-electron chi connectivity index (χ3n) is 3.07. The molecule has 0 saturated carbocycles. The molecule has 0 amide bonds. The van der Waals surface area contributed by atoms with Crippen LogP contribution in [0.4, 0.5) is 11.6 Å². The molecule has 0 aliphatic heterocycles. The summed E-state index contributed by atoms with van der Waals surface area (Å²) in [5.41, 5.74) is 7.09. The lowest BCUT2D eigenvalue weighted by Crippen LogP contribution is -2.09. The molecule has 114 valence electrons. The van der Waals surface area contributed by atoms with Crippen molar-refractivity contribution < 1.29 is 4.74 Å². The number of rotatable bonds is 6. The molecule has 22 heavy (non-hydrogen) atoms. The molecule has 3 N–H and O–H groups in total. The van der Waals surface area contributed by atoms with Gasteiger partial charge in [-0.1, -0.05) is 11.6 Å². The van der Waals surface area contributed by atoms with Crippen LogP contribution in [-0.4, -0.2) is 18.1 Å². The van der Waals surface area contributed by atoms with Crippen molar-refractivity contribution in [2.75, 3.05) is 24.2 Å². The Balaban J connectivity index is 2.00. The SMILES string of the molecule is CCOc1ccc(Cl)cc1CCNc1ccc(C#N)c(N)n1. The second-order valence-electron chi connectivity index (χ2n) is 4.60. The Bertz CT molecular complexity index is 697. The van der Waals surface area contributed by atoms with E-state index in [1.54, 1.807) is 12.1 Å². The molecule has 2 aromatic rings. The lowest BCUT2D eigenvalue weighted by molar-refractivity contribution is 0.336. The second kappa shape index (κ2) is 7.53. The second-order valence-corrected chi connectivity index (χ2v) is 5.04. The number of nitriles is 1. The molecule has 1 aromatic heterocycles. The van der Waals surface area contributed by atoms with E-state index in [9.17, 15) is 0 Å². The summed E-state index contributed by atoms with van der Waals surface area (Å²) in [6, 6.07) is 11.0. The maximum absolute atomic E-state index is 8.82. The van der Waals surface area contributed by atoms with Crippen LogP contribution in [0.3, 0.4) is 0 Å². The maximum Gasteiger partial charge on any atom is 0.143 e. The van der Waals surface area contributed by atoms with Crippen molar-refractivity contribution >= 4 is 23.2 Å². The molecular weight excluding hydrogens is 300 g/mol. The minimum Gasteiger partial charge on any atom is -0.494 e. The lowest BCUT2D eigenvalue weighted by Gasteiger charge is -2.11. The number of pyridine rings is 1. The molecule has 1 aromatic carbocycles. The van der Waals surface area contributed by atoms with E-state index in [4.69, 9.17) is 27.3 Å². The van der Waals surface area contributed by atoms with Gasteiger partial charge in [-0.2, -0.15) is 5.26 Å². The van der Waals surface area contributed by atoms with E-state index in [1.165, 1.54) is 0 Å². The van der Waals surface area contributed by atoms with Gasteiger partial charge in [0, 0.05) is 11.6 Å². The van der Waals surface area contributed by atoms with Gasteiger partial charge in [0.1, 0.15) is 23.5 Å². The monoisotopic (exact) mass is 316 g/mol. The molecule has 0 bridgehead atoms. The van der Waals surface area contributed by atoms with Crippen LogP contribution in [0.5, 0.6) is 5.75 Å². The smallest absolute Gasteiger partial charge is 0.143 e. The standard InChI is InChI=1S/C16H17ClN4O/c1-2-22-14-5-4-13(17)9-11(14)7-8-20-15-6-3-12(10-18)16(19)21-15/h3-6,9H,2,7-8H2,1H3,(H3,19,20,21). The van der Waals surface area contributed by atoms with Crippen LogP contribution in [0.2, 0.25) is 5.02 Å². The van der Waals surface area contributed by atoms with E-state index < -0.39 is 0 Å². The molecular formula is C16H17ClN4O. The van der Waals surface area contributed by atoms with Gasteiger partial charge in [0.05, 0.1) is 12.2 Å². The predicted octanol–water partition coefficient (Wildman–Crippen LogP) is 3.24. The van der Waals surface area contributed by atoms with Crippen LogP contribution in [0.25, 0.3) is 0 Å². The Kier molecular flexibility index (Phi) is 5.45. The number of aromatic nitrogens is 1. The van der Waals surface area contributed by atoms with Crippen LogP contribution >= 0.6 is 11.6 Å². The van der Waals surface area contributed by atoms with Crippen molar-refractivity contribution in [3.63, 3.8) is 0 Å². The van der Waals surface area contributed by atoms with Crippen LogP contribution in [-0.2, 0) is 6.42 Å². The zero-order chi connectivity index (χ0) is 15.9. The summed E-state index contributed by atoms with van der Waals surface area (Å²) in [6.07, 6.45) is 0.734. The largest absolute Gasteiger partial charge is 0.494 e. The molecule has 0 fully saturated rings. The third-order valence-corrected chi connectivity index (χ3v) is 3.30. The number of hydrogen-bond donors (Lipinski definition) is 2. The number of ether oxygens (including phenoxy) is 1. The average molecular weight is 317 g/mol. The fraction of sp³-hybridized carbons (Fsp3) is 0.250. The van der Waals surface area contributed by atoms with E-state index >= 15 is 0 Å². The van der Waals surface area contributed by atoms with Gasteiger partial charge in [-0.05, 0) is 49.2 Å². The highest BCUT2D eigenvalue weighted by Crippen LogP contribution is 2.23. The average Bonchev–Trinajstić information content (AvgIpc) is 2.50. The molecule has 6 heteroatoms. The van der Waals surface area contributed by atoms with Crippen LogP contribution in [0, 0.1) is 11.3 Å². The number of nitrogens with two attached hydrogens (primary N) is 1. The fourth-order valence-corrected chi connectivity index (χ4v) is 2.23. The first-order chi connectivity index (χ1) is 10.6. The summed E-state index contributed by atoms with van der Waals surface area (Å²) in [6.45, 7) is 3.20. The highest BCUT2D eigenvalue weighted by molar-refractivity contribution is 6.30. The Labute approximate surface area is 134 Å². The van der Waals surface area contributed by atoms with Crippen molar-refractivity contribution in [1.82, 2.24) is 4.98 Å². The minimum atomic E-state index is 0.227. The van der Waals surface area contributed by atoms with Crippen molar-refractivity contribution in [1.29, 1.82) is 5.26 Å². The number of nitrogen functional groups attached to an aromatic ring is 1. The maximum atomic E-state index is 8.82. The number of nitrogens with one attached hydrogen (secondary N) is 1. The molecule has 0 atom stereocenters. The van der Waals surface area contributed by atoms with E-state index in [-0.39, 0.29) is 5.82 Å². The molecule has 2 rings (SSSR count). The molecule has 0 radical (unpaired) electrons. The Morgan fingerprint density at radius 2 is 2.18 bits per heavy atom. The van der Waals surface area contributed by atoms with Gasteiger partial charge in [0.2, 0.25) is 0 Å². The molecule has 5 nitrogen and oxygen atoms in total. The quantitative estimate of drug-likeness (QED) is 0.854. The third kappa shape index (κ3) is 4.03. The number of benzene rings is 1. The number of anilines is 2. The molecule has 0 spiro atoms. The Morgan fingerprint density at radius 1 is 1.36 bits per heavy atom. The number of nitrogens with zero attached hydrogens (tertiary/aromatic N) is 2. The van der Waals surface area contributed by atoms with Gasteiger partial charge >= 0.3 is 0 Å². The van der Waals surface area contributed by atoms with Gasteiger partial charge in [-0.3, -0.25) is 0 Å². The van der Waals surface area contributed by atoms with Crippen molar-refractivity contribution in [3.8, 4) is 11.8 Å². The Morgan fingerprint density at radius 3 is 2.86 bits per heavy atom. The van der Waals surface area contributed by atoms with Gasteiger partial charge in [-0.25, -0.2) is 4.98 Å². The summed E-state index contributed by atoms with van der Waals surface area (Å²) in [7, 11) is 0. The van der Waals surface area contributed by atoms with Crippen molar-refractivity contribution in [2.45, 2.75) is 13.3 Å². The zero-order valence-electron chi connectivity index (χ0n) is 12.3.